The maximum atomic E-state index is 9.56. The van der Waals surface area contributed by atoms with E-state index in [2.05, 4.69) is 191 Å². The maximum Gasteiger partial charge on any atom is 0.179 e. The van der Waals surface area contributed by atoms with Crippen LogP contribution in [-0.4, -0.2) is 17.2 Å². The number of aromatic nitrogens is 2. The van der Waals surface area contributed by atoms with Crippen molar-refractivity contribution in [1.82, 2.24) is 9.13 Å². The predicted molar refractivity (Wildman–Crippen MR) is 270 cm³/mol. The van der Waals surface area contributed by atoms with Crippen LogP contribution in [0, 0.1) is 0 Å². The van der Waals surface area contributed by atoms with E-state index in [1.165, 1.54) is 0 Å². The van der Waals surface area contributed by atoms with Crippen molar-refractivity contribution in [2.24, 2.45) is 0 Å². The van der Waals surface area contributed by atoms with Crippen LogP contribution in [0.15, 0.2) is 255 Å². The van der Waals surface area contributed by atoms with Gasteiger partial charge in [0.1, 0.15) is 0 Å². The summed E-state index contributed by atoms with van der Waals surface area (Å²) in [7, 11) is -3.67. The number of fused-ring (bicyclic) bond motifs is 6. The molecule has 12 rings (SSSR count). The molecular formula is C60H42N2Si. The number of hydrogen-bond acceptors (Lipinski definition) is 0. The molecule has 0 spiro atoms. The van der Waals surface area contributed by atoms with Crippen molar-refractivity contribution in [1.29, 1.82) is 0 Å². The zero-order valence-electron chi connectivity index (χ0n) is 39.3. The summed E-state index contributed by atoms with van der Waals surface area (Å²) in [6, 6.07) is 77.0. The lowest BCUT2D eigenvalue weighted by Gasteiger charge is -2.34. The monoisotopic (exact) mass is 823 g/mol. The van der Waals surface area contributed by atoms with Crippen molar-refractivity contribution < 1.29 is 6.85 Å². The molecule has 0 aliphatic heterocycles. The van der Waals surface area contributed by atoms with E-state index >= 15 is 0 Å². The minimum absolute atomic E-state index is 0.179. The van der Waals surface area contributed by atoms with E-state index in [1.807, 2.05) is 42.5 Å². The first-order valence-corrected chi connectivity index (χ1v) is 23.4. The number of benzene rings is 10. The van der Waals surface area contributed by atoms with Crippen molar-refractivity contribution in [3.05, 3.63) is 255 Å². The lowest BCUT2D eigenvalue weighted by Crippen LogP contribution is -2.74. The molecule has 0 amide bonds. The Morgan fingerprint density at radius 2 is 0.873 bits per heavy atom. The molecule has 0 radical (unpaired) electrons. The summed E-state index contributed by atoms with van der Waals surface area (Å²) in [5.41, 5.74) is 10.8. The molecule has 3 heteroatoms. The molecule has 10 aromatic carbocycles. The second-order valence-electron chi connectivity index (χ2n) is 16.1. The van der Waals surface area contributed by atoms with E-state index in [0.717, 1.165) is 92.8 Å². The van der Waals surface area contributed by atoms with Gasteiger partial charge in [0.2, 0.25) is 0 Å². The Hall–Kier alpha value is -7.98. The molecule has 12 aromatic rings. The Morgan fingerprint density at radius 3 is 1.60 bits per heavy atom. The van der Waals surface area contributed by atoms with Crippen LogP contribution < -0.4 is 20.7 Å². The molecular weight excluding hydrogens is 777 g/mol. The molecule has 0 aliphatic rings. The van der Waals surface area contributed by atoms with Crippen molar-refractivity contribution in [2.45, 2.75) is 0 Å². The van der Waals surface area contributed by atoms with Gasteiger partial charge >= 0.3 is 0 Å². The van der Waals surface area contributed by atoms with Gasteiger partial charge in [-0.25, -0.2) is 0 Å². The molecule has 2 aromatic heterocycles. The Kier molecular flexibility index (Phi) is 7.67. The average molecular weight is 824 g/mol. The molecule has 2 heterocycles. The zero-order chi connectivity index (χ0) is 46.1. The lowest BCUT2D eigenvalue weighted by molar-refractivity contribution is 1.17. The summed E-state index contributed by atoms with van der Waals surface area (Å²) < 4.78 is 50.4. The summed E-state index contributed by atoms with van der Waals surface area (Å²) >= 11 is 0. The first kappa shape index (κ1) is 31.8. The van der Waals surface area contributed by atoms with E-state index < -0.39 is 14.1 Å². The van der Waals surface area contributed by atoms with Crippen molar-refractivity contribution in [2.75, 3.05) is 0 Å². The van der Waals surface area contributed by atoms with E-state index in [9.17, 15) is 2.74 Å². The van der Waals surface area contributed by atoms with Gasteiger partial charge in [0, 0.05) is 32.9 Å². The molecule has 0 bridgehead atoms. The molecule has 0 atom stereocenters. The summed E-state index contributed by atoms with van der Waals surface area (Å²) in [5, 5.41) is 7.50. The third kappa shape index (κ3) is 5.93. The second-order valence-corrected chi connectivity index (χ2v) is 19.8. The van der Waals surface area contributed by atoms with Crippen LogP contribution >= 0.6 is 0 Å². The molecule has 63 heavy (non-hydrogen) atoms. The zero-order valence-corrected chi connectivity index (χ0v) is 35.3. The molecule has 0 fully saturated rings. The van der Waals surface area contributed by atoms with Gasteiger partial charge in [0.25, 0.3) is 0 Å². The lowest BCUT2D eigenvalue weighted by atomic mass is 9.99. The van der Waals surface area contributed by atoms with Crippen LogP contribution in [0.3, 0.4) is 0 Å². The van der Waals surface area contributed by atoms with Crippen LogP contribution in [0.2, 0.25) is 0 Å². The second kappa shape index (κ2) is 15.2. The topological polar surface area (TPSA) is 9.86 Å². The fourth-order valence-electron chi connectivity index (χ4n) is 10.0. The third-order valence-electron chi connectivity index (χ3n) is 12.7. The first-order chi connectivity index (χ1) is 33.3. The molecule has 0 saturated carbocycles. The molecule has 0 unspecified atom stereocenters. The van der Waals surface area contributed by atoms with E-state index in [0.29, 0.717) is 5.19 Å². The highest BCUT2D eigenvalue weighted by Crippen LogP contribution is 2.41. The number of rotatable bonds is 8. The van der Waals surface area contributed by atoms with E-state index in [-0.39, 0.29) is 24.2 Å². The van der Waals surface area contributed by atoms with Gasteiger partial charge in [0.05, 0.1) is 28.9 Å². The highest BCUT2D eigenvalue weighted by Gasteiger charge is 2.41. The average Bonchev–Trinajstić information content (AvgIpc) is 3.92. The molecule has 0 aliphatic carbocycles. The minimum Gasteiger partial charge on any atom is -0.309 e. The van der Waals surface area contributed by atoms with Crippen LogP contribution in [0.1, 0.15) is 6.85 Å². The van der Waals surface area contributed by atoms with Gasteiger partial charge in [-0.1, -0.05) is 206 Å². The number of hydrogen-bond donors (Lipinski definition) is 0. The van der Waals surface area contributed by atoms with Gasteiger partial charge in [-0.05, 0) is 91.5 Å². The molecule has 0 N–H and O–H groups in total. The quantitative estimate of drug-likeness (QED) is 0.107. The van der Waals surface area contributed by atoms with Crippen molar-refractivity contribution in [3.63, 3.8) is 0 Å². The SMILES string of the molecule is [2H]c1c([2H])c([2H])c([Si](c2ccccc2)(c2ccccc2)c2ccc3c4ccccc4n(-c4ccc5c(c4)c4c(-c6ccccc6)cccc4n5-c4cccc(-c5ccccc5)c4)c3c2)c([2H])c1[2H]. The highest BCUT2D eigenvalue weighted by molar-refractivity contribution is 7.20. The Balaban J connectivity index is 1.17. The molecule has 296 valence electrons. The summed E-state index contributed by atoms with van der Waals surface area (Å²) in [4.78, 5) is 0. The Labute approximate surface area is 375 Å². The summed E-state index contributed by atoms with van der Waals surface area (Å²) in [6.45, 7) is 0. The normalized spacial score (nSPS) is 12.9. The number of nitrogens with zero attached hydrogens (tertiary/aromatic N) is 2. The molecule has 2 nitrogen and oxygen atoms in total. The standard InChI is InChI=1S/C60H42N2Si/c1-6-20-43(21-7-1)45-24-18-25-46(40-45)61-57-39-36-47(41-55(57)60-52(33-19-35-58(60)61)44-22-8-2-9-23-44)62-56-34-17-16-32-53(56)54-38-37-51(42-59(54)62)63(48-26-10-3-11-27-48,49-28-12-4-13-29-49)50-30-14-5-15-31-50/h1-42H/i3D,10D,11D,26D,27D. The molecule has 0 saturated heterocycles. The van der Waals surface area contributed by atoms with Crippen LogP contribution in [0.25, 0.3) is 77.2 Å². The minimum atomic E-state index is -3.67. The van der Waals surface area contributed by atoms with Gasteiger partial charge in [-0.15, -0.1) is 0 Å². The Morgan fingerprint density at radius 1 is 0.317 bits per heavy atom. The number of para-hydroxylation sites is 1. The van der Waals surface area contributed by atoms with Crippen LogP contribution in [0.4, 0.5) is 0 Å². The van der Waals surface area contributed by atoms with Gasteiger partial charge in [0.15, 0.2) is 8.07 Å². The predicted octanol–water partition coefficient (Wildman–Crippen LogP) is 12.6. The van der Waals surface area contributed by atoms with Crippen LogP contribution in [0.5, 0.6) is 0 Å². The van der Waals surface area contributed by atoms with Gasteiger partial charge < -0.3 is 9.13 Å². The van der Waals surface area contributed by atoms with E-state index in [4.69, 9.17) is 4.11 Å². The smallest absolute Gasteiger partial charge is 0.179 e. The van der Waals surface area contributed by atoms with Crippen molar-refractivity contribution >= 4 is 72.4 Å². The van der Waals surface area contributed by atoms with Crippen molar-refractivity contribution in [3.8, 4) is 33.6 Å². The van der Waals surface area contributed by atoms with E-state index in [1.54, 1.807) is 0 Å². The Bertz CT molecular complexity index is 3840. The fourth-order valence-corrected chi connectivity index (χ4v) is 14.5. The van der Waals surface area contributed by atoms with Gasteiger partial charge in [-0.3, -0.25) is 0 Å². The van der Waals surface area contributed by atoms with Crippen LogP contribution in [-0.2, 0) is 0 Å². The summed E-state index contributed by atoms with van der Waals surface area (Å²) in [5.74, 6) is 0. The first-order valence-electron chi connectivity index (χ1n) is 23.9. The summed E-state index contributed by atoms with van der Waals surface area (Å²) in [6.07, 6.45) is 0. The fraction of sp³-hybridized carbons (Fsp3) is 0. The maximum absolute atomic E-state index is 9.56. The van der Waals surface area contributed by atoms with Gasteiger partial charge in [-0.2, -0.15) is 0 Å². The largest absolute Gasteiger partial charge is 0.309 e. The third-order valence-corrected chi connectivity index (χ3v) is 17.3. The highest BCUT2D eigenvalue weighted by atomic mass is 28.3.